The Labute approximate surface area is 66.0 Å². The molecule has 0 unspecified atom stereocenters. The zero-order valence-electron chi connectivity index (χ0n) is 6.29. The lowest BCUT2D eigenvalue weighted by molar-refractivity contribution is -0.137. The topological polar surface area (TPSA) is 61.1 Å². The molecule has 0 aliphatic rings. The zero-order chi connectivity index (χ0) is 8.53. The summed E-state index contributed by atoms with van der Waals surface area (Å²) in [4.78, 5) is 10.0. The minimum absolute atomic E-state index is 0.223. The molecule has 3 nitrogen and oxygen atoms in total. The molecule has 0 atom stereocenters. The summed E-state index contributed by atoms with van der Waals surface area (Å²) in [6, 6.07) is 1.87. The minimum Gasteiger partial charge on any atom is -0.481 e. The van der Waals surface area contributed by atoms with Crippen LogP contribution in [-0.4, -0.2) is 11.1 Å². The molecule has 60 valence electrons. The molecule has 0 saturated heterocycles. The highest BCUT2D eigenvalue weighted by atomic mass is 16.4. The van der Waals surface area contributed by atoms with Crippen LogP contribution in [0.5, 0.6) is 0 Å². The van der Waals surface area contributed by atoms with E-state index in [1.165, 1.54) is 6.08 Å². The summed E-state index contributed by atoms with van der Waals surface area (Å²) in [5, 5.41) is 16.3. The van der Waals surface area contributed by atoms with Gasteiger partial charge in [0, 0.05) is 12.5 Å². The standard InChI is InChI=1S/C8H11NO2/c9-7-5-3-1-2-4-6-8(10)11/h3,5H,1-2,4,6H2,(H,10,11)/b5-3-. The van der Waals surface area contributed by atoms with Crippen LogP contribution < -0.4 is 0 Å². The molecule has 3 heteroatoms. The van der Waals surface area contributed by atoms with Gasteiger partial charge in [-0.25, -0.2) is 0 Å². The molecule has 0 spiro atoms. The maximum atomic E-state index is 10.0. The Balaban J connectivity index is 3.10. The fourth-order valence-electron chi connectivity index (χ4n) is 0.674. The number of hydrogen-bond donors (Lipinski definition) is 1. The molecule has 0 heterocycles. The maximum Gasteiger partial charge on any atom is 0.303 e. The van der Waals surface area contributed by atoms with Gasteiger partial charge in [-0.2, -0.15) is 5.26 Å². The summed E-state index contributed by atoms with van der Waals surface area (Å²) in [7, 11) is 0. The highest BCUT2D eigenvalue weighted by Crippen LogP contribution is 1.99. The van der Waals surface area contributed by atoms with Gasteiger partial charge >= 0.3 is 5.97 Å². The smallest absolute Gasteiger partial charge is 0.303 e. The molecule has 0 bridgehead atoms. The predicted molar refractivity (Wildman–Crippen MR) is 40.9 cm³/mol. The molecule has 0 fully saturated rings. The average Bonchev–Trinajstić information content (AvgIpc) is 1.96. The highest BCUT2D eigenvalue weighted by Gasteiger charge is 1.93. The number of nitrogens with zero attached hydrogens (tertiary/aromatic N) is 1. The first kappa shape index (κ1) is 9.70. The van der Waals surface area contributed by atoms with E-state index in [-0.39, 0.29) is 6.42 Å². The molecule has 0 aromatic heterocycles. The van der Waals surface area contributed by atoms with E-state index in [0.717, 1.165) is 12.8 Å². The van der Waals surface area contributed by atoms with Gasteiger partial charge < -0.3 is 5.11 Å². The number of hydrogen-bond acceptors (Lipinski definition) is 2. The van der Waals surface area contributed by atoms with Crippen LogP contribution >= 0.6 is 0 Å². The van der Waals surface area contributed by atoms with Gasteiger partial charge in [-0.3, -0.25) is 4.79 Å². The Bertz CT molecular complexity index is 179. The normalized spacial score (nSPS) is 9.73. The van der Waals surface area contributed by atoms with E-state index >= 15 is 0 Å². The molecule has 1 N–H and O–H groups in total. The second-order valence-corrected chi connectivity index (χ2v) is 2.17. The number of rotatable bonds is 5. The van der Waals surface area contributed by atoms with E-state index in [2.05, 4.69) is 0 Å². The van der Waals surface area contributed by atoms with E-state index in [9.17, 15) is 4.79 Å². The number of nitriles is 1. The van der Waals surface area contributed by atoms with Gasteiger partial charge in [-0.15, -0.1) is 0 Å². The molecule has 0 radical (unpaired) electrons. The SMILES string of the molecule is N#C/C=C\CCCCC(=O)O. The van der Waals surface area contributed by atoms with Gasteiger partial charge in [-0.05, 0) is 19.3 Å². The van der Waals surface area contributed by atoms with Crippen molar-refractivity contribution in [2.75, 3.05) is 0 Å². The third-order valence-electron chi connectivity index (χ3n) is 1.20. The van der Waals surface area contributed by atoms with E-state index in [4.69, 9.17) is 10.4 Å². The Morgan fingerprint density at radius 3 is 2.82 bits per heavy atom. The van der Waals surface area contributed by atoms with Crippen molar-refractivity contribution in [3.8, 4) is 6.07 Å². The quantitative estimate of drug-likeness (QED) is 0.483. The highest BCUT2D eigenvalue weighted by molar-refractivity contribution is 5.66. The van der Waals surface area contributed by atoms with Gasteiger partial charge in [-0.1, -0.05) is 6.08 Å². The lowest BCUT2D eigenvalue weighted by Crippen LogP contribution is -1.92. The average molecular weight is 153 g/mol. The molecular formula is C8H11NO2. The van der Waals surface area contributed by atoms with E-state index in [0.29, 0.717) is 6.42 Å². The number of carboxylic acid groups (broad SMARTS) is 1. The first-order chi connectivity index (χ1) is 5.27. The molecule has 11 heavy (non-hydrogen) atoms. The summed E-state index contributed by atoms with van der Waals surface area (Å²) < 4.78 is 0. The Morgan fingerprint density at radius 2 is 2.27 bits per heavy atom. The van der Waals surface area contributed by atoms with Crippen LogP contribution in [0.4, 0.5) is 0 Å². The maximum absolute atomic E-state index is 10.0. The van der Waals surface area contributed by atoms with Crippen LogP contribution in [0, 0.1) is 11.3 Å². The molecule has 0 aromatic rings. The lowest BCUT2D eigenvalue weighted by Gasteiger charge is -1.91. The van der Waals surface area contributed by atoms with Crippen molar-refractivity contribution >= 4 is 5.97 Å². The van der Waals surface area contributed by atoms with E-state index < -0.39 is 5.97 Å². The van der Waals surface area contributed by atoms with Gasteiger partial charge in [0.2, 0.25) is 0 Å². The van der Waals surface area contributed by atoms with E-state index in [1.54, 1.807) is 6.08 Å². The van der Waals surface area contributed by atoms with Gasteiger partial charge in [0.15, 0.2) is 0 Å². The van der Waals surface area contributed by atoms with Crippen LogP contribution in [0.2, 0.25) is 0 Å². The Hall–Kier alpha value is -1.30. The first-order valence-corrected chi connectivity index (χ1v) is 3.54. The first-order valence-electron chi connectivity index (χ1n) is 3.54. The van der Waals surface area contributed by atoms with Crippen LogP contribution in [0.1, 0.15) is 25.7 Å². The van der Waals surface area contributed by atoms with Crippen LogP contribution in [0.25, 0.3) is 0 Å². The third kappa shape index (κ3) is 8.70. The summed E-state index contributed by atoms with van der Waals surface area (Å²) in [5.74, 6) is -0.755. The fourth-order valence-corrected chi connectivity index (χ4v) is 0.674. The third-order valence-corrected chi connectivity index (χ3v) is 1.20. The van der Waals surface area contributed by atoms with Crippen molar-refractivity contribution in [2.24, 2.45) is 0 Å². The largest absolute Gasteiger partial charge is 0.481 e. The molecule has 0 amide bonds. The summed E-state index contributed by atoms with van der Waals surface area (Å²) in [6.45, 7) is 0. The van der Waals surface area contributed by atoms with Crippen LogP contribution in [0.3, 0.4) is 0 Å². The molecular weight excluding hydrogens is 142 g/mol. The summed E-state index contributed by atoms with van der Waals surface area (Å²) in [6.07, 6.45) is 5.71. The second-order valence-electron chi connectivity index (χ2n) is 2.17. The van der Waals surface area contributed by atoms with Gasteiger partial charge in [0.1, 0.15) is 0 Å². The monoisotopic (exact) mass is 153 g/mol. The molecule has 0 aliphatic carbocycles. The second kappa shape index (κ2) is 6.81. The van der Waals surface area contributed by atoms with Crippen LogP contribution in [-0.2, 0) is 4.79 Å². The van der Waals surface area contributed by atoms with Gasteiger partial charge in [0.25, 0.3) is 0 Å². The van der Waals surface area contributed by atoms with Crippen molar-refractivity contribution in [1.82, 2.24) is 0 Å². The van der Waals surface area contributed by atoms with Crippen molar-refractivity contribution in [2.45, 2.75) is 25.7 Å². The number of carbonyl (C=O) groups is 1. The molecule has 0 saturated carbocycles. The zero-order valence-corrected chi connectivity index (χ0v) is 6.29. The summed E-state index contributed by atoms with van der Waals surface area (Å²) in [5.41, 5.74) is 0. The number of unbranched alkanes of at least 4 members (excludes halogenated alkanes) is 2. The Kier molecular flexibility index (Phi) is 6.01. The van der Waals surface area contributed by atoms with Crippen molar-refractivity contribution < 1.29 is 9.90 Å². The van der Waals surface area contributed by atoms with Gasteiger partial charge in [0.05, 0.1) is 6.07 Å². The number of carboxylic acids is 1. The molecule has 0 aromatic carbocycles. The molecule has 0 aliphatic heterocycles. The lowest BCUT2D eigenvalue weighted by atomic mass is 10.2. The molecule has 0 rings (SSSR count). The predicted octanol–water partition coefficient (Wildman–Crippen LogP) is 1.71. The minimum atomic E-state index is -0.755. The Morgan fingerprint density at radius 1 is 1.55 bits per heavy atom. The van der Waals surface area contributed by atoms with Crippen molar-refractivity contribution in [3.63, 3.8) is 0 Å². The number of aliphatic carboxylic acids is 1. The fraction of sp³-hybridized carbons (Fsp3) is 0.500. The van der Waals surface area contributed by atoms with E-state index in [1.807, 2.05) is 6.07 Å². The van der Waals surface area contributed by atoms with Crippen LogP contribution in [0.15, 0.2) is 12.2 Å². The summed E-state index contributed by atoms with van der Waals surface area (Å²) >= 11 is 0. The van der Waals surface area contributed by atoms with Crippen molar-refractivity contribution in [3.05, 3.63) is 12.2 Å². The van der Waals surface area contributed by atoms with Crippen molar-refractivity contribution in [1.29, 1.82) is 5.26 Å². The number of allylic oxidation sites excluding steroid dienone is 2.